The summed E-state index contributed by atoms with van der Waals surface area (Å²) in [7, 11) is 0. The summed E-state index contributed by atoms with van der Waals surface area (Å²) in [6, 6.07) is 10.3. The summed E-state index contributed by atoms with van der Waals surface area (Å²) >= 11 is 7.48. The zero-order valence-electron chi connectivity index (χ0n) is 13.5. The van der Waals surface area contributed by atoms with Gasteiger partial charge in [-0.1, -0.05) is 28.9 Å². The molecular weight excluding hydrogens is 373 g/mol. The molecule has 4 rings (SSSR count). The van der Waals surface area contributed by atoms with E-state index >= 15 is 0 Å². The maximum absolute atomic E-state index is 13.4. The van der Waals surface area contributed by atoms with Gasteiger partial charge in [0.05, 0.1) is 16.4 Å². The third-order valence-electron chi connectivity index (χ3n) is 4.21. The SMILES string of the molecule is O/N=C(\Cc1ccc(F)c(Cl)c1)c1ccnc2c1CC(c1cccs1)=N2. The number of hydrogen-bond donors (Lipinski definition) is 1. The molecule has 0 unspecified atom stereocenters. The van der Waals surface area contributed by atoms with E-state index < -0.39 is 5.82 Å². The third kappa shape index (κ3) is 3.13. The number of nitrogens with zero attached hydrogens (tertiary/aromatic N) is 3. The van der Waals surface area contributed by atoms with Crippen LogP contribution < -0.4 is 0 Å². The van der Waals surface area contributed by atoms with E-state index in [4.69, 9.17) is 11.6 Å². The molecule has 1 N–H and O–H groups in total. The second-order valence-electron chi connectivity index (χ2n) is 5.85. The highest BCUT2D eigenvalue weighted by molar-refractivity contribution is 7.12. The average molecular weight is 386 g/mol. The number of thiophene rings is 1. The molecule has 0 fully saturated rings. The fraction of sp³-hybridized carbons (Fsp3) is 0.105. The molecule has 3 heterocycles. The highest BCUT2D eigenvalue weighted by Crippen LogP contribution is 2.31. The molecule has 1 aliphatic rings. The molecule has 7 heteroatoms. The number of aliphatic imine (C=N–C) groups is 1. The molecule has 2 aromatic heterocycles. The van der Waals surface area contributed by atoms with Crippen molar-refractivity contribution < 1.29 is 9.60 Å². The molecule has 0 radical (unpaired) electrons. The normalized spacial score (nSPS) is 13.6. The zero-order chi connectivity index (χ0) is 18.1. The summed E-state index contributed by atoms with van der Waals surface area (Å²) in [5.74, 6) is 0.167. The number of oxime groups is 1. The average Bonchev–Trinajstić information content (AvgIpc) is 3.31. The lowest BCUT2D eigenvalue weighted by Gasteiger charge is -2.10. The van der Waals surface area contributed by atoms with Crippen LogP contribution >= 0.6 is 22.9 Å². The first-order valence-electron chi connectivity index (χ1n) is 7.90. The monoisotopic (exact) mass is 385 g/mol. The van der Waals surface area contributed by atoms with Gasteiger partial charge >= 0.3 is 0 Å². The van der Waals surface area contributed by atoms with Gasteiger partial charge < -0.3 is 5.21 Å². The van der Waals surface area contributed by atoms with Crippen molar-refractivity contribution in [1.29, 1.82) is 0 Å². The van der Waals surface area contributed by atoms with Gasteiger partial charge in [-0.25, -0.2) is 14.4 Å². The third-order valence-corrected chi connectivity index (χ3v) is 5.42. The second-order valence-corrected chi connectivity index (χ2v) is 7.20. The Bertz CT molecular complexity index is 1030. The molecule has 0 saturated heterocycles. The Morgan fingerprint density at radius 2 is 2.19 bits per heavy atom. The van der Waals surface area contributed by atoms with E-state index in [9.17, 15) is 9.60 Å². The van der Waals surface area contributed by atoms with Crippen molar-refractivity contribution in [3.05, 3.63) is 80.4 Å². The minimum Gasteiger partial charge on any atom is -0.411 e. The molecule has 0 saturated carbocycles. The van der Waals surface area contributed by atoms with Gasteiger partial charge in [0.25, 0.3) is 0 Å². The summed E-state index contributed by atoms with van der Waals surface area (Å²) < 4.78 is 13.4. The summed E-state index contributed by atoms with van der Waals surface area (Å²) in [6.45, 7) is 0. The van der Waals surface area contributed by atoms with Crippen LogP contribution in [-0.2, 0) is 12.8 Å². The molecule has 0 spiro atoms. The van der Waals surface area contributed by atoms with Gasteiger partial charge in [0.2, 0.25) is 0 Å². The van der Waals surface area contributed by atoms with Crippen molar-refractivity contribution in [2.75, 3.05) is 0 Å². The van der Waals surface area contributed by atoms with Crippen molar-refractivity contribution in [3.8, 4) is 0 Å². The van der Waals surface area contributed by atoms with Crippen LogP contribution in [-0.4, -0.2) is 21.6 Å². The second kappa shape index (κ2) is 6.97. The van der Waals surface area contributed by atoms with E-state index in [1.165, 1.54) is 12.1 Å². The Morgan fingerprint density at radius 3 is 2.92 bits per heavy atom. The van der Waals surface area contributed by atoms with Crippen LogP contribution in [0.25, 0.3) is 0 Å². The fourth-order valence-corrected chi connectivity index (χ4v) is 3.89. The number of fused-ring (bicyclic) bond motifs is 1. The van der Waals surface area contributed by atoms with Crippen molar-refractivity contribution in [2.45, 2.75) is 12.8 Å². The van der Waals surface area contributed by atoms with E-state index in [0.29, 0.717) is 24.4 Å². The van der Waals surface area contributed by atoms with Crippen LogP contribution in [0, 0.1) is 5.82 Å². The quantitative estimate of drug-likeness (QED) is 0.389. The summed E-state index contributed by atoms with van der Waals surface area (Å²) in [5, 5.41) is 15.1. The van der Waals surface area contributed by atoms with E-state index in [0.717, 1.165) is 27.3 Å². The Labute approximate surface area is 158 Å². The van der Waals surface area contributed by atoms with Gasteiger partial charge in [0.15, 0.2) is 5.82 Å². The van der Waals surface area contributed by atoms with Gasteiger partial charge in [-0.05, 0) is 35.2 Å². The highest BCUT2D eigenvalue weighted by atomic mass is 35.5. The molecule has 0 amide bonds. The number of rotatable bonds is 4. The van der Waals surface area contributed by atoms with E-state index in [1.807, 2.05) is 23.6 Å². The Hall–Kier alpha value is -2.57. The number of benzene rings is 1. The van der Waals surface area contributed by atoms with Crippen LogP contribution in [0.3, 0.4) is 0 Å². The van der Waals surface area contributed by atoms with E-state index in [2.05, 4.69) is 15.1 Å². The minimum atomic E-state index is -0.475. The molecule has 0 atom stereocenters. The fourth-order valence-electron chi connectivity index (χ4n) is 2.97. The predicted octanol–water partition coefficient (Wildman–Crippen LogP) is 5.03. The highest BCUT2D eigenvalue weighted by Gasteiger charge is 2.23. The molecular formula is C19H13ClFN3OS. The van der Waals surface area contributed by atoms with Crippen LogP contribution in [0.4, 0.5) is 10.2 Å². The number of hydrogen-bond acceptors (Lipinski definition) is 5. The molecule has 1 aromatic carbocycles. The molecule has 0 bridgehead atoms. The van der Waals surface area contributed by atoms with Gasteiger partial charge in [0.1, 0.15) is 5.82 Å². The molecule has 0 aliphatic carbocycles. The van der Waals surface area contributed by atoms with E-state index in [-0.39, 0.29) is 5.02 Å². The largest absolute Gasteiger partial charge is 0.411 e. The summed E-state index contributed by atoms with van der Waals surface area (Å²) in [4.78, 5) is 10.1. The first kappa shape index (κ1) is 16.9. The van der Waals surface area contributed by atoms with E-state index in [1.54, 1.807) is 23.6 Å². The lowest BCUT2D eigenvalue weighted by molar-refractivity contribution is 0.318. The minimum absolute atomic E-state index is 0.0445. The number of pyridine rings is 1. The van der Waals surface area contributed by atoms with Gasteiger partial charge in [-0.2, -0.15) is 0 Å². The molecule has 26 heavy (non-hydrogen) atoms. The molecule has 4 nitrogen and oxygen atoms in total. The summed E-state index contributed by atoms with van der Waals surface area (Å²) in [6.07, 6.45) is 2.60. The van der Waals surface area contributed by atoms with Gasteiger partial charge in [-0.15, -0.1) is 11.3 Å². The standard InChI is InChI=1S/C19H13ClFN3OS/c20-14-8-11(3-4-15(14)21)9-16(24-25)12-5-6-22-19-13(12)10-17(23-19)18-2-1-7-26-18/h1-8,25H,9-10H2/b24-16+. The lowest BCUT2D eigenvalue weighted by Crippen LogP contribution is -2.10. The van der Waals surface area contributed by atoms with Gasteiger partial charge in [-0.3, -0.25) is 0 Å². The predicted molar refractivity (Wildman–Crippen MR) is 102 cm³/mol. The van der Waals surface area contributed by atoms with Crippen molar-refractivity contribution >= 4 is 40.2 Å². The first-order valence-corrected chi connectivity index (χ1v) is 9.16. The number of aromatic nitrogens is 1. The van der Waals surface area contributed by atoms with Crippen LogP contribution in [0.2, 0.25) is 5.02 Å². The molecule has 3 aromatic rings. The van der Waals surface area contributed by atoms with Crippen molar-refractivity contribution in [1.82, 2.24) is 4.98 Å². The van der Waals surface area contributed by atoms with Gasteiger partial charge in [0, 0.05) is 35.0 Å². The van der Waals surface area contributed by atoms with Crippen LogP contribution in [0.5, 0.6) is 0 Å². The molecule has 1 aliphatic heterocycles. The van der Waals surface area contributed by atoms with Crippen LogP contribution in [0.1, 0.15) is 21.6 Å². The van der Waals surface area contributed by atoms with Crippen molar-refractivity contribution in [2.24, 2.45) is 10.1 Å². The molecule has 130 valence electrons. The number of halogens is 2. The summed E-state index contributed by atoms with van der Waals surface area (Å²) in [5.41, 5.74) is 3.89. The van der Waals surface area contributed by atoms with Crippen LogP contribution in [0.15, 0.2) is 58.1 Å². The first-order chi connectivity index (χ1) is 12.7. The van der Waals surface area contributed by atoms with Crippen molar-refractivity contribution in [3.63, 3.8) is 0 Å². The smallest absolute Gasteiger partial charge is 0.156 e. The Balaban J connectivity index is 1.65. The zero-order valence-corrected chi connectivity index (χ0v) is 15.1. The topological polar surface area (TPSA) is 57.8 Å². The Kier molecular flexibility index (Phi) is 4.53. The maximum Gasteiger partial charge on any atom is 0.156 e. The maximum atomic E-state index is 13.4. The lowest BCUT2D eigenvalue weighted by atomic mass is 9.97. The Morgan fingerprint density at radius 1 is 1.31 bits per heavy atom.